The van der Waals surface area contributed by atoms with Gasteiger partial charge < -0.3 is 21.3 Å². The lowest BCUT2D eigenvalue weighted by molar-refractivity contribution is -0.135. The molecule has 0 aliphatic carbocycles. The van der Waals surface area contributed by atoms with Crippen molar-refractivity contribution >= 4 is 51.4 Å². The number of halogens is 1. The van der Waals surface area contributed by atoms with Crippen molar-refractivity contribution in [1.29, 1.82) is 0 Å². The van der Waals surface area contributed by atoms with Crippen molar-refractivity contribution in [3.63, 3.8) is 0 Å². The maximum Gasteiger partial charge on any atom is 0.300 e. The summed E-state index contributed by atoms with van der Waals surface area (Å²) in [5.74, 6) is -1.16. The largest absolute Gasteiger partial charge is 0.481 e. The molecule has 3 rings (SSSR count). The fourth-order valence-corrected chi connectivity index (χ4v) is 2.40. The molecule has 1 aliphatic rings. The maximum atomic E-state index is 9.00. The number of fused-ring (bicyclic) bond motifs is 1. The van der Waals surface area contributed by atoms with Gasteiger partial charge in [0.05, 0.1) is 11.4 Å². The van der Waals surface area contributed by atoms with Gasteiger partial charge in [-0.15, -0.1) is 0 Å². The molecule has 5 N–H and O–H groups in total. The number of nitrogens with zero attached hydrogens (tertiary/aromatic N) is 4. The predicted octanol–water partition coefficient (Wildman–Crippen LogP) is 0.339. The highest BCUT2D eigenvalue weighted by atomic mass is 127. The monoisotopic (exact) mass is 436 g/mol. The van der Waals surface area contributed by atoms with E-state index in [1.807, 2.05) is 4.68 Å². The molecule has 126 valence electrons. The summed E-state index contributed by atoms with van der Waals surface area (Å²) in [6, 6.07) is 0.394. The number of carboxylic acids is 2. The number of carboxylic acid groups (broad SMARTS) is 2. The number of hydrogen-bond donors (Lipinski definition) is 4. The van der Waals surface area contributed by atoms with Crippen molar-refractivity contribution < 1.29 is 19.8 Å². The highest BCUT2D eigenvalue weighted by Crippen LogP contribution is 2.25. The third-order valence-electron chi connectivity index (χ3n) is 2.58. The maximum absolute atomic E-state index is 9.00. The van der Waals surface area contributed by atoms with Gasteiger partial charge in [-0.25, -0.2) is 14.6 Å². The summed E-state index contributed by atoms with van der Waals surface area (Å²) in [6.45, 7) is 4.05. The Morgan fingerprint density at radius 3 is 2.26 bits per heavy atom. The average molecular weight is 436 g/mol. The molecule has 1 fully saturated rings. The lowest BCUT2D eigenvalue weighted by Gasteiger charge is -2.27. The molecule has 2 aromatic rings. The van der Waals surface area contributed by atoms with Gasteiger partial charge in [-0.05, 0) is 22.6 Å². The first kappa shape index (κ1) is 19.0. The molecular weight excluding hydrogens is 419 g/mol. The van der Waals surface area contributed by atoms with Crippen molar-refractivity contribution in [2.75, 3.05) is 18.8 Å². The van der Waals surface area contributed by atoms with Crippen LogP contribution in [-0.2, 0) is 9.59 Å². The van der Waals surface area contributed by atoms with Crippen molar-refractivity contribution in [3.8, 4) is 0 Å². The van der Waals surface area contributed by atoms with Crippen LogP contribution in [0, 0.1) is 3.70 Å². The molecule has 23 heavy (non-hydrogen) atoms. The lowest BCUT2D eigenvalue weighted by Crippen LogP contribution is -2.43. The zero-order chi connectivity index (χ0) is 17.6. The van der Waals surface area contributed by atoms with E-state index in [0.29, 0.717) is 11.9 Å². The van der Waals surface area contributed by atoms with Crippen molar-refractivity contribution in [2.45, 2.75) is 19.9 Å². The Kier molecular flexibility index (Phi) is 7.09. The Balaban J connectivity index is 0.000000281. The predicted molar refractivity (Wildman–Crippen MR) is 91.0 cm³/mol. The molecule has 0 amide bonds. The normalized spacial score (nSPS) is 13.2. The van der Waals surface area contributed by atoms with Gasteiger partial charge in [-0.3, -0.25) is 9.59 Å². The van der Waals surface area contributed by atoms with E-state index < -0.39 is 11.9 Å². The number of nitrogen functional groups attached to an aromatic ring is 1. The fourth-order valence-electron chi connectivity index (χ4n) is 1.65. The molecule has 3 heterocycles. The first-order valence-electron chi connectivity index (χ1n) is 6.48. The Labute approximate surface area is 145 Å². The van der Waals surface area contributed by atoms with Gasteiger partial charge in [-0.2, -0.15) is 5.10 Å². The van der Waals surface area contributed by atoms with E-state index in [9.17, 15) is 0 Å². The molecule has 2 aromatic heterocycles. The summed E-state index contributed by atoms with van der Waals surface area (Å²) in [5.41, 5.74) is 6.64. The quantitative estimate of drug-likeness (QED) is 0.463. The Bertz CT molecular complexity index is 680. The number of hydrogen-bond acceptors (Lipinski definition) is 7. The first-order chi connectivity index (χ1) is 10.7. The van der Waals surface area contributed by atoms with Crippen LogP contribution in [-0.4, -0.2) is 55.0 Å². The molecule has 1 saturated heterocycles. The smallest absolute Gasteiger partial charge is 0.300 e. The second-order valence-corrected chi connectivity index (χ2v) is 5.56. The van der Waals surface area contributed by atoms with Crippen LogP contribution in [0.4, 0.5) is 5.82 Å². The molecule has 10 nitrogen and oxygen atoms in total. The van der Waals surface area contributed by atoms with Crippen LogP contribution in [0.15, 0.2) is 6.33 Å². The molecule has 0 saturated carbocycles. The van der Waals surface area contributed by atoms with E-state index in [1.165, 1.54) is 6.33 Å². The number of carbonyl (C=O) groups is 2. The van der Waals surface area contributed by atoms with E-state index in [1.54, 1.807) is 0 Å². The Morgan fingerprint density at radius 2 is 1.83 bits per heavy atom. The summed E-state index contributed by atoms with van der Waals surface area (Å²) in [7, 11) is 0. The van der Waals surface area contributed by atoms with Crippen LogP contribution in [0.2, 0.25) is 0 Å². The SMILES string of the molecule is CC(=O)O.CC(=O)O.Nc1ncnc2c1c(I)nn2C1CNC1. The van der Waals surface area contributed by atoms with E-state index in [-0.39, 0.29) is 0 Å². The summed E-state index contributed by atoms with van der Waals surface area (Å²) in [4.78, 5) is 26.2. The van der Waals surface area contributed by atoms with Gasteiger partial charge in [0.25, 0.3) is 11.9 Å². The van der Waals surface area contributed by atoms with Crippen molar-refractivity contribution in [3.05, 3.63) is 10.0 Å². The van der Waals surface area contributed by atoms with Crippen LogP contribution in [0.3, 0.4) is 0 Å². The van der Waals surface area contributed by atoms with Crippen LogP contribution < -0.4 is 11.1 Å². The summed E-state index contributed by atoms with van der Waals surface area (Å²) < 4.78 is 2.80. The molecular formula is C12H17IN6O4. The van der Waals surface area contributed by atoms with Gasteiger partial charge in [0.2, 0.25) is 0 Å². The molecule has 0 bridgehead atoms. The van der Waals surface area contributed by atoms with Crippen LogP contribution in [0.5, 0.6) is 0 Å². The van der Waals surface area contributed by atoms with Gasteiger partial charge in [0, 0.05) is 26.9 Å². The minimum atomic E-state index is -0.833. The van der Waals surface area contributed by atoms with E-state index >= 15 is 0 Å². The lowest BCUT2D eigenvalue weighted by atomic mass is 10.2. The van der Waals surface area contributed by atoms with Crippen molar-refractivity contribution in [1.82, 2.24) is 25.1 Å². The van der Waals surface area contributed by atoms with Crippen LogP contribution in [0.25, 0.3) is 11.0 Å². The summed E-state index contributed by atoms with van der Waals surface area (Å²) >= 11 is 2.17. The number of rotatable bonds is 1. The zero-order valence-electron chi connectivity index (χ0n) is 12.5. The summed E-state index contributed by atoms with van der Waals surface area (Å²) in [6.07, 6.45) is 1.48. The molecule has 0 radical (unpaired) electrons. The van der Waals surface area contributed by atoms with E-state index in [2.05, 4.69) is 43.0 Å². The van der Waals surface area contributed by atoms with E-state index in [0.717, 1.165) is 41.7 Å². The van der Waals surface area contributed by atoms with E-state index in [4.69, 9.17) is 25.5 Å². The second-order valence-electron chi connectivity index (χ2n) is 4.54. The van der Waals surface area contributed by atoms with Gasteiger partial charge in [-0.1, -0.05) is 0 Å². The number of nitrogens with one attached hydrogen (secondary N) is 1. The minimum absolute atomic E-state index is 0.394. The van der Waals surface area contributed by atoms with Gasteiger partial charge in [0.1, 0.15) is 15.8 Å². The summed E-state index contributed by atoms with van der Waals surface area (Å²) in [5, 5.41) is 23.4. The molecule has 0 unspecified atom stereocenters. The first-order valence-corrected chi connectivity index (χ1v) is 7.55. The third kappa shape index (κ3) is 5.59. The van der Waals surface area contributed by atoms with Gasteiger partial charge >= 0.3 is 0 Å². The average Bonchev–Trinajstić information content (AvgIpc) is 2.64. The Morgan fingerprint density at radius 1 is 1.30 bits per heavy atom. The number of nitrogens with two attached hydrogens (primary N) is 1. The highest BCUT2D eigenvalue weighted by molar-refractivity contribution is 14.1. The third-order valence-corrected chi connectivity index (χ3v) is 3.34. The van der Waals surface area contributed by atoms with Gasteiger partial charge in [0.15, 0.2) is 5.65 Å². The number of aliphatic carboxylic acids is 2. The van der Waals surface area contributed by atoms with Crippen LogP contribution >= 0.6 is 22.6 Å². The fraction of sp³-hybridized carbons (Fsp3) is 0.417. The topological polar surface area (TPSA) is 156 Å². The second kappa shape index (κ2) is 8.57. The molecule has 0 aromatic carbocycles. The standard InChI is InChI=1S/C8H9IN6.2C2H4O2/c9-6-5-7(10)12-3-13-8(5)15(14-6)4-1-11-2-4;2*1-2(3)4/h3-4,11H,1-2H2,(H2,10,12,13);2*1H3,(H,3,4). The minimum Gasteiger partial charge on any atom is -0.481 e. The molecule has 0 atom stereocenters. The molecule has 1 aliphatic heterocycles. The van der Waals surface area contributed by atoms with Crippen LogP contribution in [0.1, 0.15) is 19.9 Å². The molecule has 11 heteroatoms. The zero-order valence-corrected chi connectivity index (χ0v) is 14.7. The number of anilines is 1. The highest BCUT2D eigenvalue weighted by Gasteiger charge is 2.24. The van der Waals surface area contributed by atoms with Crippen molar-refractivity contribution in [2.24, 2.45) is 0 Å². The Hall–Kier alpha value is -2.02. The molecule has 0 spiro atoms. The number of aromatic nitrogens is 4.